The van der Waals surface area contributed by atoms with Crippen molar-refractivity contribution in [1.29, 1.82) is 0 Å². The number of aromatic hydroxyl groups is 1. The molecular formula is C11H14N2O3. The number of Topliss-reactive ketones (excluding diaryl/α,β-unsaturated/α-hetero) is 1. The first-order valence-corrected chi connectivity index (χ1v) is 4.87. The monoisotopic (exact) mass is 222 g/mol. The largest absolute Gasteiger partial charge is 0.508 e. The average Bonchev–Trinajstić information content (AvgIpc) is 2.16. The third-order valence-electron chi connectivity index (χ3n) is 2.06. The van der Waals surface area contributed by atoms with E-state index in [9.17, 15) is 9.59 Å². The smallest absolute Gasteiger partial charge is 0.216 e. The van der Waals surface area contributed by atoms with Crippen LogP contribution in [-0.2, 0) is 4.79 Å². The summed E-state index contributed by atoms with van der Waals surface area (Å²) in [6.07, 6.45) is 0.189. The lowest BCUT2D eigenvalue weighted by molar-refractivity contribution is -0.118. The molecule has 0 saturated heterocycles. The molecule has 0 radical (unpaired) electrons. The van der Waals surface area contributed by atoms with Gasteiger partial charge in [0.15, 0.2) is 5.78 Å². The molecule has 0 aliphatic heterocycles. The molecule has 0 spiro atoms. The number of phenols is 1. The number of nitrogens with one attached hydrogen (secondary N) is 1. The maximum atomic E-state index is 11.6. The lowest BCUT2D eigenvalue weighted by atomic mass is 10.1. The summed E-state index contributed by atoms with van der Waals surface area (Å²) in [5.74, 6) is -0.311. The van der Waals surface area contributed by atoms with Gasteiger partial charge in [-0.25, -0.2) is 0 Å². The standard InChI is InChI=1S/C11H14N2O3/c1-7(14)13-5-4-11(16)9-3-2-8(15)6-10(9)12/h2-3,6,15H,4-5,12H2,1H3,(H,13,14). The van der Waals surface area contributed by atoms with Crippen molar-refractivity contribution in [2.45, 2.75) is 13.3 Å². The van der Waals surface area contributed by atoms with Gasteiger partial charge in [0.05, 0.1) is 0 Å². The van der Waals surface area contributed by atoms with Crippen LogP contribution in [0.2, 0.25) is 0 Å². The molecule has 0 heterocycles. The molecule has 1 aromatic carbocycles. The number of hydrogen-bond acceptors (Lipinski definition) is 4. The van der Waals surface area contributed by atoms with Crippen LogP contribution in [0.15, 0.2) is 18.2 Å². The minimum Gasteiger partial charge on any atom is -0.508 e. The molecule has 1 aromatic rings. The van der Waals surface area contributed by atoms with Crippen LogP contribution in [0.3, 0.4) is 0 Å². The fraction of sp³-hybridized carbons (Fsp3) is 0.273. The zero-order chi connectivity index (χ0) is 12.1. The first-order chi connectivity index (χ1) is 7.50. The Kier molecular flexibility index (Phi) is 3.88. The van der Waals surface area contributed by atoms with Crippen LogP contribution in [0.5, 0.6) is 5.75 Å². The molecule has 0 aliphatic rings. The Morgan fingerprint density at radius 3 is 2.69 bits per heavy atom. The molecule has 5 heteroatoms. The third kappa shape index (κ3) is 3.27. The van der Waals surface area contributed by atoms with Crippen molar-refractivity contribution < 1.29 is 14.7 Å². The fourth-order valence-electron chi connectivity index (χ4n) is 1.29. The van der Waals surface area contributed by atoms with Crippen molar-refractivity contribution >= 4 is 17.4 Å². The quantitative estimate of drug-likeness (QED) is 0.516. The van der Waals surface area contributed by atoms with E-state index in [4.69, 9.17) is 10.8 Å². The number of benzene rings is 1. The molecular weight excluding hydrogens is 208 g/mol. The first kappa shape index (κ1) is 12.0. The second-order valence-corrected chi connectivity index (χ2v) is 3.43. The fourth-order valence-corrected chi connectivity index (χ4v) is 1.29. The average molecular weight is 222 g/mol. The van der Waals surface area contributed by atoms with E-state index in [2.05, 4.69) is 5.32 Å². The van der Waals surface area contributed by atoms with Crippen LogP contribution in [0, 0.1) is 0 Å². The van der Waals surface area contributed by atoms with E-state index >= 15 is 0 Å². The number of anilines is 1. The lowest BCUT2D eigenvalue weighted by Gasteiger charge is -2.05. The summed E-state index contributed by atoms with van der Waals surface area (Å²) >= 11 is 0. The SMILES string of the molecule is CC(=O)NCCC(=O)c1ccc(O)cc1N. The van der Waals surface area contributed by atoms with E-state index in [0.717, 1.165) is 0 Å². The number of hydrogen-bond donors (Lipinski definition) is 3. The third-order valence-corrected chi connectivity index (χ3v) is 2.06. The van der Waals surface area contributed by atoms with E-state index in [-0.39, 0.29) is 36.1 Å². The summed E-state index contributed by atoms with van der Waals surface area (Å²) in [4.78, 5) is 22.2. The van der Waals surface area contributed by atoms with Gasteiger partial charge in [-0.1, -0.05) is 0 Å². The first-order valence-electron chi connectivity index (χ1n) is 4.87. The summed E-state index contributed by atoms with van der Waals surface area (Å²) in [7, 11) is 0. The van der Waals surface area contributed by atoms with Crippen LogP contribution in [-0.4, -0.2) is 23.3 Å². The summed E-state index contributed by atoms with van der Waals surface area (Å²) < 4.78 is 0. The predicted octanol–water partition coefficient (Wildman–Crippen LogP) is 0.683. The van der Waals surface area contributed by atoms with Gasteiger partial charge in [0.1, 0.15) is 5.75 Å². The zero-order valence-corrected chi connectivity index (χ0v) is 8.99. The topological polar surface area (TPSA) is 92.4 Å². The molecule has 0 unspecified atom stereocenters. The highest BCUT2D eigenvalue weighted by molar-refractivity contribution is 6.01. The predicted molar refractivity (Wildman–Crippen MR) is 60.2 cm³/mol. The number of rotatable bonds is 4. The normalized spacial score (nSPS) is 9.81. The van der Waals surface area contributed by atoms with Gasteiger partial charge in [0, 0.05) is 37.2 Å². The molecule has 0 fully saturated rings. The molecule has 86 valence electrons. The summed E-state index contributed by atoms with van der Waals surface area (Å²) in [5.41, 5.74) is 6.19. The van der Waals surface area contributed by atoms with Gasteiger partial charge in [-0.3, -0.25) is 9.59 Å². The highest BCUT2D eigenvalue weighted by atomic mass is 16.3. The van der Waals surface area contributed by atoms with E-state index < -0.39 is 0 Å². The minimum atomic E-state index is -0.175. The Morgan fingerprint density at radius 2 is 2.12 bits per heavy atom. The Hall–Kier alpha value is -2.04. The van der Waals surface area contributed by atoms with E-state index in [1.165, 1.54) is 25.1 Å². The molecule has 1 amide bonds. The van der Waals surface area contributed by atoms with Crippen LogP contribution in [0.1, 0.15) is 23.7 Å². The van der Waals surface area contributed by atoms with Gasteiger partial charge in [0.2, 0.25) is 5.91 Å². The molecule has 0 bridgehead atoms. The van der Waals surface area contributed by atoms with Gasteiger partial charge in [0.25, 0.3) is 0 Å². The van der Waals surface area contributed by atoms with E-state index in [1.807, 2.05) is 0 Å². The highest BCUT2D eigenvalue weighted by Crippen LogP contribution is 2.19. The zero-order valence-electron chi connectivity index (χ0n) is 8.99. The molecule has 0 atom stereocenters. The van der Waals surface area contributed by atoms with Crippen molar-refractivity contribution in [2.75, 3.05) is 12.3 Å². The maximum Gasteiger partial charge on any atom is 0.216 e. The Balaban J connectivity index is 2.63. The number of carbonyl (C=O) groups excluding carboxylic acids is 2. The summed E-state index contributed by atoms with van der Waals surface area (Å²) in [5, 5.41) is 11.6. The summed E-state index contributed by atoms with van der Waals surface area (Å²) in [6, 6.07) is 4.20. The van der Waals surface area contributed by atoms with Gasteiger partial charge < -0.3 is 16.2 Å². The molecule has 1 rings (SSSR count). The number of nitrogen functional groups attached to an aromatic ring is 1. The number of amides is 1. The minimum absolute atomic E-state index is 0.0240. The van der Waals surface area contributed by atoms with Crippen molar-refractivity contribution in [3.8, 4) is 5.75 Å². The Labute approximate surface area is 93.3 Å². The van der Waals surface area contributed by atoms with Crippen molar-refractivity contribution in [3.63, 3.8) is 0 Å². The molecule has 0 aliphatic carbocycles. The van der Waals surface area contributed by atoms with Gasteiger partial charge in [-0.2, -0.15) is 0 Å². The number of ketones is 1. The molecule has 4 N–H and O–H groups in total. The molecule has 0 saturated carbocycles. The van der Waals surface area contributed by atoms with Gasteiger partial charge in [-0.15, -0.1) is 0 Å². The number of carbonyl (C=O) groups is 2. The molecule has 5 nitrogen and oxygen atoms in total. The van der Waals surface area contributed by atoms with Crippen molar-refractivity contribution in [2.24, 2.45) is 0 Å². The lowest BCUT2D eigenvalue weighted by Crippen LogP contribution is -2.23. The maximum absolute atomic E-state index is 11.6. The Morgan fingerprint density at radius 1 is 1.44 bits per heavy atom. The van der Waals surface area contributed by atoms with Crippen molar-refractivity contribution in [3.05, 3.63) is 23.8 Å². The highest BCUT2D eigenvalue weighted by Gasteiger charge is 2.09. The molecule has 0 aromatic heterocycles. The van der Waals surface area contributed by atoms with Crippen LogP contribution < -0.4 is 11.1 Å². The number of nitrogens with two attached hydrogens (primary N) is 1. The van der Waals surface area contributed by atoms with Crippen LogP contribution in [0.25, 0.3) is 0 Å². The second-order valence-electron chi connectivity index (χ2n) is 3.43. The van der Waals surface area contributed by atoms with Crippen LogP contribution in [0.4, 0.5) is 5.69 Å². The van der Waals surface area contributed by atoms with Gasteiger partial charge >= 0.3 is 0 Å². The van der Waals surface area contributed by atoms with Crippen molar-refractivity contribution in [1.82, 2.24) is 5.32 Å². The summed E-state index contributed by atoms with van der Waals surface area (Å²) in [6.45, 7) is 1.67. The van der Waals surface area contributed by atoms with E-state index in [0.29, 0.717) is 5.56 Å². The Bertz CT molecular complexity index is 416. The van der Waals surface area contributed by atoms with Gasteiger partial charge in [-0.05, 0) is 12.1 Å². The van der Waals surface area contributed by atoms with Crippen LogP contribution >= 0.6 is 0 Å². The molecule has 16 heavy (non-hydrogen) atoms. The number of phenolic OH excluding ortho intramolecular Hbond substituents is 1. The second kappa shape index (κ2) is 5.16. The van der Waals surface area contributed by atoms with E-state index in [1.54, 1.807) is 0 Å².